The van der Waals surface area contributed by atoms with E-state index < -0.39 is 12.0 Å². The molecule has 31 heavy (non-hydrogen) atoms. The summed E-state index contributed by atoms with van der Waals surface area (Å²) in [6.07, 6.45) is 0. The van der Waals surface area contributed by atoms with E-state index in [2.05, 4.69) is 17.2 Å². The number of benzene rings is 2. The molecule has 0 unspecified atom stereocenters. The van der Waals surface area contributed by atoms with Gasteiger partial charge in [-0.15, -0.1) is 11.3 Å². The van der Waals surface area contributed by atoms with Crippen molar-refractivity contribution in [1.82, 2.24) is 5.32 Å². The molecule has 3 rings (SSSR count). The van der Waals surface area contributed by atoms with Crippen molar-refractivity contribution in [2.75, 3.05) is 18.5 Å². The Bertz CT molecular complexity index is 1070. The molecule has 2 N–H and O–H groups in total. The number of thiophene rings is 1. The largest absolute Gasteiger partial charge is 0.465 e. The smallest absolute Gasteiger partial charge is 0.325 e. The van der Waals surface area contributed by atoms with Gasteiger partial charge in [-0.1, -0.05) is 36.9 Å². The summed E-state index contributed by atoms with van der Waals surface area (Å²) in [6.45, 7) is 5.67. The number of hydrogen-bond donors (Lipinski definition) is 2. The highest BCUT2D eigenvalue weighted by atomic mass is 32.1. The zero-order chi connectivity index (χ0) is 22.2. The number of urea groups is 1. The first-order valence-corrected chi connectivity index (χ1v) is 10.5. The molecule has 6 nitrogen and oxygen atoms in total. The van der Waals surface area contributed by atoms with Gasteiger partial charge in [0.2, 0.25) is 0 Å². The second-order valence-corrected chi connectivity index (χ2v) is 7.50. The van der Waals surface area contributed by atoms with Crippen LogP contribution in [0.5, 0.6) is 0 Å². The molecule has 0 spiro atoms. The molecule has 1 heterocycles. The van der Waals surface area contributed by atoms with E-state index in [1.54, 1.807) is 42.5 Å². The highest BCUT2D eigenvalue weighted by Gasteiger charge is 2.13. The molecule has 0 aliphatic rings. The molecule has 0 atom stereocenters. The van der Waals surface area contributed by atoms with Crippen LogP contribution in [0.4, 0.5) is 10.5 Å². The van der Waals surface area contributed by atoms with Crippen LogP contribution in [-0.4, -0.2) is 30.9 Å². The number of rotatable bonds is 8. The first-order valence-electron chi connectivity index (χ1n) is 9.66. The lowest BCUT2D eigenvalue weighted by atomic mass is 9.97. The van der Waals surface area contributed by atoms with Gasteiger partial charge in [0, 0.05) is 21.7 Å². The average molecular weight is 435 g/mol. The van der Waals surface area contributed by atoms with Gasteiger partial charge in [0.1, 0.15) is 6.54 Å². The molecular weight excluding hydrogens is 412 g/mol. The van der Waals surface area contributed by atoms with E-state index in [9.17, 15) is 14.4 Å². The molecule has 7 heteroatoms. The van der Waals surface area contributed by atoms with E-state index in [0.29, 0.717) is 16.8 Å². The van der Waals surface area contributed by atoms with Gasteiger partial charge in [-0.3, -0.25) is 9.59 Å². The molecule has 1 aromatic heterocycles. The van der Waals surface area contributed by atoms with Crippen molar-refractivity contribution in [1.29, 1.82) is 0 Å². The SMILES string of the molecule is C=C(C(=O)c1ccc(NC(=O)NCC(=O)OCC)cc1)c1ccc(-c2cccs2)cc1. The summed E-state index contributed by atoms with van der Waals surface area (Å²) in [4.78, 5) is 37.1. The molecule has 0 radical (unpaired) electrons. The second-order valence-electron chi connectivity index (χ2n) is 6.55. The number of carbonyl (C=O) groups excluding carboxylic acids is 3. The number of anilines is 1. The predicted octanol–water partition coefficient (Wildman–Crippen LogP) is 5.00. The van der Waals surface area contributed by atoms with E-state index >= 15 is 0 Å². The molecule has 0 aliphatic heterocycles. The summed E-state index contributed by atoms with van der Waals surface area (Å²) in [5.41, 5.74) is 3.20. The van der Waals surface area contributed by atoms with Crippen molar-refractivity contribution in [3.63, 3.8) is 0 Å². The fourth-order valence-corrected chi connectivity index (χ4v) is 3.56. The second kappa shape index (κ2) is 10.4. The standard InChI is InChI=1S/C24H22N2O4S/c1-3-30-22(27)15-25-24(29)26-20-12-10-19(11-13-20)23(28)16(2)17-6-8-18(9-7-17)21-5-4-14-31-21/h4-14H,2-3,15H2,1H3,(H2,25,26,29). The summed E-state index contributed by atoms with van der Waals surface area (Å²) in [5.74, 6) is -0.706. The monoisotopic (exact) mass is 434 g/mol. The molecule has 0 saturated heterocycles. The van der Waals surface area contributed by atoms with Crippen LogP contribution in [0.15, 0.2) is 72.6 Å². The van der Waals surface area contributed by atoms with Gasteiger partial charge in [0.05, 0.1) is 6.61 Å². The van der Waals surface area contributed by atoms with Crippen molar-refractivity contribution in [3.05, 3.63) is 83.7 Å². The Morgan fingerprint density at radius 1 is 0.968 bits per heavy atom. The quantitative estimate of drug-likeness (QED) is 0.297. The van der Waals surface area contributed by atoms with Crippen molar-refractivity contribution in [2.45, 2.75) is 6.92 Å². The molecule has 2 aromatic carbocycles. The fraction of sp³-hybridized carbons (Fsp3) is 0.125. The maximum Gasteiger partial charge on any atom is 0.325 e. The van der Waals surface area contributed by atoms with Crippen molar-refractivity contribution < 1.29 is 19.1 Å². The first kappa shape index (κ1) is 22.0. The van der Waals surface area contributed by atoms with Gasteiger partial charge in [-0.05, 0) is 53.8 Å². The number of esters is 1. The fourth-order valence-electron chi connectivity index (χ4n) is 2.83. The van der Waals surface area contributed by atoms with Gasteiger partial charge < -0.3 is 15.4 Å². The highest BCUT2D eigenvalue weighted by Crippen LogP contribution is 2.27. The molecule has 3 aromatic rings. The van der Waals surface area contributed by atoms with E-state index in [1.807, 2.05) is 41.8 Å². The third-order valence-electron chi connectivity index (χ3n) is 4.42. The van der Waals surface area contributed by atoms with Gasteiger partial charge in [0.25, 0.3) is 0 Å². The van der Waals surface area contributed by atoms with Crippen LogP contribution in [0.1, 0.15) is 22.8 Å². The van der Waals surface area contributed by atoms with Crippen LogP contribution in [0, 0.1) is 0 Å². The van der Waals surface area contributed by atoms with Crippen LogP contribution in [0.3, 0.4) is 0 Å². The number of nitrogens with one attached hydrogen (secondary N) is 2. The minimum atomic E-state index is -0.539. The summed E-state index contributed by atoms with van der Waals surface area (Å²) in [7, 11) is 0. The molecule has 0 aliphatic carbocycles. The molecule has 158 valence electrons. The Hall–Kier alpha value is -3.71. The molecule has 0 saturated carbocycles. The van der Waals surface area contributed by atoms with Gasteiger partial charge in [-0.25, -0.2) is 4.79 Å². The number of ether oxygens (including phenoxy) is 1. The van der Waals surface area contributed by atoms with Crippen LogP contribution in [0.25, 0.3) is 16.0 Å². The zero-order valence-electron chi connectivity index (χ0n) is 17.0. The van der Waals surface area contributed by atoms with E-state index in [1.165, 1.54) is 0 Å². The highest BCUT2D eigenvalue weighted by molar-refractivity contribution is 7.13. The maximum atomic E-state index is 12.8. The Balaban J connectivity index is 1.58. The number of ketones is 1. The average Bonchev–Trinajstić information content (AvgIpc) is 3.33. The van der Waals surface area contributed by atoms with Gasteiger partial charge in [-0.2, -0.15) is 0 Å². The lowest BCUT2D eigenvalue weighted by Crippen LogP contribution is -2.34. The summed E-state index contributed by atoms with van der Waals surface area (Å²) in [5, 5.41) is 7.02. The Morgan fingerprint density at radius 2 is 1.65 bits per heavy atom. The van der Waals surface area contributed by atoms with Crippen LogP contribution in [-0.2, 0) is 9.53 Å². The third-order valence-corrected chi connectivity index (χ3v) is 5.34. The van der Waals surface area contributed by atoms with Crippen LogP contribution < -0.4 is 10.6 Å². The Labute approximate surface area is 184 Å². The van der Waals surface area contributed by atoms with E-state index in [-0.39, 0.29) is 18.9 Å². The number of carbonyl (C=O) groups is 3. The Morgan fingerprint density at radius 3 is 2.26 bits per heavy atom. The first-order chi connectivity index (χ1) is 15.0. The topological polar surface area (TPSA) is 84.5 Å². The molecular formula is C24H22N2O4S. The third kappa shape index (κ3) is 5.90. The number of amides is 2. The van der Waals surface area contributed by atoms with Crippen LogP contribution >= 0.6 is 11.3 Å². The summed E-state index contributed by atoms with van der Waals surface area (Å²) < 4.78 is 4.74. The van der Waals surface area contributed by atoms with Gasteiger partial charge >= 0.3 is 12.0 Å². The number of Topliss-reactive ketones (excluding diaryl/α,β-unsaturated/α-hetero) is 1. The summed E-state index contributed by atoms with van der Waals surface area (Å²) in [6, 6.07) is 17.7. The van der Waals surface area contributed by atoms with E-state index in [4.69, 9.17) is 4.74 Å². The minimum absolute atomic E-state index is 0.192. The minimum Gasteiger partial charge on any atom is -0.465 e. The molecule has 2 amide bonds. The Kier molecular flexibility index (Phi) is 7.35. The van der Waals surface area contributed by atoms with Gasteiger partial charge in [0.15, 0.2) is 5.78 Å². The molecule has 0 fully saturated rings. The number of allylic oxidation sites excluding steroid dienone is 1. The lowest BCUT2D eigenvalue weighted by Gasteiger charge is -2.09. The van der Waals surface area contributed by atoms with Crippen molar-refractivity contribution >= 4 is 40.4 Å². The molecule has 0 bridgehead atoms. The van der Waals surface area contributed by atoms with E-state index in [0.717, 1.165) is 16.0 Å². The summed E-state index contributed by atoms with van der Waals surface area (Å²) >= 11 is 1.66. The zero-order valence-corrected chi connectivity index (χ0v) is 17.8. The van der Waals surface area contributed by atoms with Crippen molar-refractivity contribution in [2.24, 2.45) is 0 Å². The lowest BCUT2D eigenvalue weighted by molar-refractivity contribution is -0.141. The predicted molar refractivity (Wildman–Crippen MR) is 123 cm³/mol. The maximum absolute atomic E-state index is 12.8. The normalized spacial score (nSPS) is 10.2. The van der Waals surface area contributed by atoms with Crippen LogP contribution in [0.2, 0.25) is 0 Å². The van der Waals surface area contributed by atoms with Crippen molar-refractivity contribution in [3.8, 4) is 10.4 Å². The number of hydrogen-bond acceptors (Lipinski definition) is 5.